The van der Waals surface area contributed by atoms with Crippen molar-refractivity contribution in [1.82, 2.24) is 19.8 Å². The molecule has 0 spiro atoms. The number of carbonyl (C=O) groups is 1. The first-order chi connectivity index (χ1) is 17.7. The first kappa shape index (κ1) is 26.8. The normalized spacial score (nSPS) is 17.1. The number of piperazine rings is 1. The fourth-order valence-electron chi connectivity index (χ4n) is 4.44. The van der Waals surface area contributed by atoms with Gasteiger partial charge in [0.05, 0.1) is 6.61 Å². The van der Waals surface area contributed by atoms with E-state index in [4.69, 9.17) is 4.74 Å². The van der Waals surface area contributed by atoms with Gasteiger partial charge in [-0.1, -0.05) is 6.92 Å². The van der Waals surface area contributed by atoms with Gasteiger partial charge in [-0.15, -0.1) is 0 Å². The SMILES string of the molecule is CCc1cc(N2CCN(C)CC2)ccc1Nc1ncc(C(F)(F)F)c(NCCCN2CCCOC2=O)n1. The largest absolute Gasteiger partial charge is 0.449 e. The standard InChI is InChI=1S/C25H34F3N7O2/c1-3-18-16-19(34-13-11-33(2)12-14-34)6-7-21(18)31-23-30-17-20(25(26,27)28)22(32-23)29-8-4-9-35-10-5-15-37-24(35)36/h6-7,16-17H,3-5,8-15H2,1-2H3,(H2,29,30,31,32). The maximum absolute atomic E-state index is 13.6. The van der Waals surface area contributed by atoms with Crippen LogP contribution in [0.5, 0.6) is 0 Å². The minimum atomic E-state index is -4.60. The van der Waals surface area contributed by atoms with Crippen LogP contribution in [0.4, 0.5) is 41.1 Å². The molecule has 0 aliphatic carbocycles. The van der Waals surface area contributed by atoms with Crippen molar-refractivity contribution < 1.29 is 22.7 Å². The van der Waals surface area contributed by atoms with Gasteiger partial charge in [0, 0.05) is 63.4 Å². The van der Waals surface area contributed by atoms with E-state index in [2.05, 4.69) is 43.5 Å². The minimum Gasteiger partial charge on any atom is -0.449 e. The van der Waals surface area contributed by atoms with Crippen LogP contribution in [-0.4, -0.2) is 85.3 Å². The van der Waals surface area contributed by atoms with Gasteiger partial charge in [-0.05, 0) is 50.1 Å². The number of aromatic nitrogens is 2. The summed E-state index contributed by atoms with van der Waals surface area (Å²) >= 11 is 0. The zero-order chi connectivity index (χ0) is 26.4. The number of amides is 1. The molecule has 37 heavy (non-hydrogen) atoms. The number of hydrogen-bond acceptors (Lipinski definition) is 8. The molecule has 202 valence electrons. The third-order valence-corrected chi connectivity index (χ3v) is 6.63. The number of anilines is 4. The molecule has 4 rings (SSSR count). The predicted molar refractivity (Wildman–Crippen MR) is 136 cm³/mol. The predicted octanol–water partition coefficient (Wildman–Crippen LogP) is 4.20. The highest BCUT2D eigenvalue weighted by atomic mass is 19.4. The molecule has 0 radical (unpaired) electrons. The average Bonchev–Trinajstić information content (AvgIpc) is 2.88. The fraction of sp³-hybridized carbons (Fsp3) is 0.560. The number of rotatable bonds is 9. The van der Waals surface area contributed by atoms with Crippen molar-refractivity contribution >= 4 is 29.2 Å². The summed E-state index contributed by atoms with van der Waals surface area (Å²) in [6.45, 7) is 7.51. The van der Waals surface area contributed by atoms with Crippen molar-refractivity contribution in [2.75, 3.05) is 75.0 Å². The first-order valence-electron chi connectivity index (χ1n) is 12.7. The summed E-state index contributed by atoms with van der Waals surface area (Å²) in [5.41, 5.74) is 1.98. The summed E-state index contributed by atoms with van der Waals surface area (Å²) in [5, 5.41) is 5.89. The lowest BCUT2D eigenvalue weighted by atomic mass is 10.1. The van der Waals surface area contributed by atoms with E-state index in [1.807, 2.05) is 19.1 Å². The third-order valence-electron chi connectivity index (χ3n) is 6.63. The number of alkyl halides is 3. The van der Waals surface area contributed by atoms with E-state index in [9.17, 15) is 18.0 Å². The number of nitrogens with one attached hydrogen (secondary N) is 2. The van der Waals surface area contributed by atoms with E-state index in [0.717, 1.165) is 62.2 Å². The van der Waals surface area contributed by atoms with Crippen molar-refractivity contribution in [3.63, 3.8) is 0 Å². The molecule has 0 bridgehead atoms. The van der Waals surface area contributed by atoms with Crippen LogP contribution in [0.3, 0.4) is 0 Å². The number of halogens is 3. The van der Waals surface area contributed by atoms with Gasteiger partial charge in [-0.25, -0.2) is 9.78 Å². The zero-order valence-corrected chi connectivity index (χ0v) is 21.3. The molecule has 0 saturated carbocycles. The first-order valence-corrected chi connectivity index (χ1v) is 12.7. The van der Waals surface area contributed by atoms with Gasteiger partial charge in [0.2, 0.25) is 5.95 Å². The number of aryl methyl sites for hydroxylation is 1. The summed E-state index contributed by atoms with van der Waals surface area (Å²) in [5.74, 6) is -0.213. The number of hydrogen-bond donors (Lipinski definition) is 2. The van der Waals surface area contributed by atoms with Crippen LogP contribution in [0, 0.1) is 0 Å². The Labute approximate surface area is 215 Å². The van der Waals surface area contributed by atoms with Gasteiger partial charge in [0.15, 0.2) is 0 Å². The van der Waals surface area contributed by atoms with E-state index in [1.54, 1.807) is 4.90 Å². The van der Waals surface area contributed by atoms with Crippen LogP contribution < -0.4 is 15.5 Å². The van der Waals surface area contributed by atoms with Crippen LogP contribution in [0.15, 0.2) is 24.4 Å². The molecule has 2 saturated heterocycles. The highest BCUT2D eigenvalue weighted by molar-refractivity contribution is 5.68. The number of benzene rings is 1. The van der Waals surface area contributed by atoms with Crippen LogP contribution in [0.25, 0.3) is 0 Å². The van der Waals surface area contributed by atoms with Gasteiger partial charge in [-0.2, -0.15) is 18.2 Å². The fourth-order valence-corrected chi connectivity index (χ4v) is 4.44. The highest BCUT2D eigenvalue weighted by Crippen LogP contribution is 2.34. The van der Waals surface area contributed by atoms with Gasteiger partial charge >= 0.3 is 12.3 Å². The Morgan fingerprint density at radius 1 is 1.14 bits per heavy atom. The second kappa shape index (κ2) is 11.8. The molecule has 0 unspecified atom stereocenters. The van der Waals surface area contributed by atoms with E-state index in [1.165, 1.54) is 0 Å². The molecule has 3 heterocycles. The lowest BCUT2D eigenvalue weighted by Gasteiger charge is -2.34. The summed E-state index contributed by atoms with van der Waals surface area (Å²) < 4.78 is 45.8. The summed E-state index contributed by atoms with van der Waals surface area (Å²) in [7, 11) is 2.11. The minimum absolute atomic E-state index is 0.0807. The smallest absolute Gasteiger partial charge is 0.421 e. The molecule has 2 aromatic rings. The lowest BCUT2D eigenvalue weighted by molar-refractivity contribution is -0.137. The third kappa shape index (κ3) is 6.94. The maximum Gasteiger partial charge on any atom is 0.421 e. The second-order valence-corrected chi connectivity index (χ2v) is 9.30. The van der Waals surface area contributed by atoms with Crippen molar-refractivity contribution in [1.29, 1.82) is 0 Å². The molecular formula is C25H34F3N7O2. The molecule has 12 heteroatoms. The quantitative estimate of drug-likeness (QED) is 0.475. The van der Waals surface area contributed by atoms with Crippen molar-refractivity contribution in [3.8, 4) is 0 Å². The van der Waals surface area contributed by atoms with E-state index in [-0.39, 0.29) is 24.4 Å². The molecule has 2 aliphatic heterocycles. The van der Waals surface area contributed by atoms with Crippen molar-refractivity contribution in [3.05, 3.63) is 35.5 Å². The topological polar surface area (TPSA) is 85.9 Å². The number of nitrogens with zero attached hydrogens (tertiary/aromatic N) is 5. The van der Waals surface area contributed by atoms with Crippen molar-refractivity contribution in [2.45, 2.75) is 32.4 Å². The number of cyclic esters (lactones) is 1. The lowest BCUT2D eigenvalue weighted by Crippen LogP contribution is -2.44. The van der Waals surface area contributed by atoms with Crippen LogP contribution in [-0.2, 0) is 17.3 Å². The van der Waals surface area contributed by atoms with E-state index in [0.29, 0.717) is 26.1 Å². The number of ether oxygens (including phenoxy) is 1. The monoisotopic (exact) mass is 521 g/mol. The Morgan fingerprint density at radius 3 is 2.62 bits per heavy atom. The van der Waals surface area contributed by atoms with Crippen LogP contribution in [0.1, 0.15) is 30.9 Å². The molecule has 1 amide bonds. The summed E-state index contributed by atoms with van der Waals surface area (Å²) in [6, 6.07) is 6.06. The van der Waals surface area contributed by atoms with Gasteiger partial charge in [0.25, 0.3) is 0 Å². The molecule has 2 N–H and O–H groups in total. The summed E-state index contributed by atoms with van der Waals surface area (Å²) in [4.78, 5) is 26.0. The molecule has 9 nitrogen and oxygen atoms in total. The Balaban J connectivity index is 1.45. The summed E-state index contributed by atoms with van der Waals surface area (Å²) in [6.07, 6.45) is -2.25. The zero-order valence-electron chi connectivity index (χ0n) is 21.3. The Bertz CT molecular complexity index is 1070. The molecule has 2 fully saturated rings. The van der Waals surface area contributed by atoms with Crippen molar-refractivity contribution in [2.24, 2.45) is 0 Å². The number of likely N-dealkylation sites (N-methyl/N-ethyl adjacent to an activating group) is 1. The highest BCUT2D eigenvalue weighted by Gasteiger charge is 2.35. The average molecular weight is 522 g/mol. The molecule has 1 aromatic carbocycles. The van der Waals surface area contributed by atoms with Crippen LogP contribution in [0.2, 0.25) is 0 Å². The second-order valence-electron chi connectivity index (χ2n) is 9.30. The van der Waals surface area contributed by atoms with Gasteiger partial charge in [-0.3, -0.25) is 0 Å². The van der Waals surface area contributed by atoms with Gasteiger partial charge in [0.1, 0.15) is 11.4 Å². The molecular weight excluding hydrogens is 487 g/mol. The Hall–Kier alpha value is -3.28. The van der Waals surface area contributed by atoms with Gasteiger partial charge < -0.3 is 30.1 Å². The Morgan fingerprint density at radius 2 is 1.92 bits per heavy atom. The number of carbonyl (C=O) groups excluding carboxylic acids is 1. The maximum atomic E-state index is 13.6. The van der Waals surface area contributed by atoms with E-state index >= 15 is 0 Å². The van der Waals surface area contributed by atoms with E-state index < -0.39 is 11.7 Å². The molecule has 1 aromatic heterocycles. The van der Waals surface area contributed by atoms with Crippen LogP contribution >= 0.6 is 0 Å². The molecule has 0 atom stereocenters. The molecule has 2 aliphatic rings. The Kier molecular flexibility index (Phi) is 8.57.